The van der Waals surface area contributed by atoms with Gasteiger partial charge in [-0.3, -0.25) is 19.7 Å². The Hall–Kier alpha value is -3.02. The third-order valence-corrected chi connectivity index (χ3v) is 5.12. The zero-order chi connectivity index (χ0) is 21.9. The number of rotatable bonds is 12. The SMILES string of the molecule is CCCCC(C(=O)OCCC)[C@H](CC(=O)c1ccccc1)c1cccc([N+](=O)[O-])c1. The summed E-state index contributed by atoms with van der Waals surface area (Å²) in [7, 11) is 0. The van der Waals surface area contributed by atoms with E-state index in [4.69, 9.17) is 4.74 Å². The van der Waals surface area contributed by atoms with Crippen molar-refractivity contribution in [2.75, 3.05) is 6.61 Å². The van der Waals surface area contributed by atoms with Gasteiger partial charge in [0, 0.05) is 30.0 Å². The van der Waals surface area contributed by atoms with E-state index in [1.54, 1.807) is 36.4 Å². The van der Waals surface area contributed by atoms with Gasteiger partial charge in [-0.15, -0.1) is 0 Å². The number of carbonyl (C=O) groups is 2. The lowest BCUT2D eigenvalue weighted by Crippen LogP contribution is -2.27. The molecule has 0 bridgehead atoms. The minimum atomic E-state index is -0.536. The van der Waals surface area contributed by atoms with E-state index < -0.39 is 16.8 Å². The summed E-state index contributed by atoms with van der Waals surface area (Å²) in [5.41, 5.74) is 1.12. The molecule has 0 spiro atoms. The van der Waals surface area contributed by atoms with E-state index in [-0.39, 0.29) is 23.9 Å². The van der Waals surface area contributed by atoms with Gasteiger partial charge in [0.15, 0.2) is 5.78 Å². The topological polar surface area (TPSA) is 86.5 Å². The molecule has 0 fully saturated rings. The Labute approximate surface area is 177 Å². The maximum atomic E-state index is 13.0. The number of nitro groups is 1. The normalized spacial score (nSPS) is 12.7. The molecular weight excluding hydrogens is 382 g/mol. The molecule has 30 heavy (non-hydrogen) atoms. The maximum absolute atomic E-state index is 13.0. The second-order valence-corrected chi connectivity index (χ2v) is 7.37. The van der Waals surface area contributed by atoms with Crippen molar-refractivity contribution in [2.45, 2.75) is 51.9 Å². The van der Waals surface area contributed by atoms with E-state index >= 15 is 0 Å². The number of nitro benzene ring substituents is 1. The highest BCUT2D eigenvalue weighted by Gasteiger charge is 2.33. The van der Waals surface area contributed by atoms with Gasteiger partial charge in [0.1, 0.15) is 0 Å². The van der Waals surface area contributed by atoms with Gasteiger partial charge in [0.25, 0.3) is 5.69 Å². The highest BCUT2D eigenvalue weighted by molar-refractivity contribution is 5.97. The number of nitrogens with zero attached hydrogens (tertiary/aromatic N) is 1. The Kier molecular flexibility index (Phi) is 9.19. The van der Waals surface area contributed by atoms with Crippen LogP contribution >= 0.6 is 0 Å². The second kappa shape index (κ2) is 11.9. The second-order valence-electron chi connectivity index (χ2n) is 7.37. The van der Waals surface area contributed by atoms with E-state index in [1.165, 1.54) is 12.1 Å². The van der Waals surface area contributed by atoms with Crippen LogP contribution in [0.3, 0.4) is 0 Å². The molecule has 2 aromatic rings. The number of ether oxygens (including phenoxy) is 1. The van der Waals surface area contributed by atoms with Gasteiger partial charge >= 0.3 is 5.97 Å². The van der Waals surface area contributed by atoms with Gasteiger partial charge in [-0.05, 0) is 18.4 Å². The van der Waals surface area contributed by atoms with Crippen molar-refractivity contribution in [3.63, 3.8) is 0 Å². The monoisotopic (exact) mass is 411 g/mol. The molecule has 2 rings (SSSR count). The lowest BCUT2D eigenvalue weighted by molar-refractivity contribution is -0.384. The summed E-state index contributed by atoms with van der Waals surface area (Å²) in [6.45, 7) is 4.27. The number of hydrogen-bond acceptors (Lipinski definition) is 5. The molecule has 0 saturated carbocycles. The van der Waals surface area contributed by atoms with E-state index in [9.17, 15) is 19.7 Å². The van der Waals surface area contributed by atoms with Crippen molar-refractivity contribution in [3.05, 3.63) is 75.8 Å². The summed E-state index contributed by atoms with van der Waals surface area (Å²) in [5, 5.41) is 11.3. The Bertz CT molecular complexity index is 850. The predicted octanol–water partition coefficient (Wildman–Crippen LogP) is 5.71. The van der Waals surface area contributed by atoms with Crippen LogP contribution in [0.25, 0.3) is 0 Å². The summed E-state index contributed by atoms with van der Waals surface area (Å²) < 4.78 is 5.43. The summed E-state index contributed by atoms with van der Waals surface area (Å²) in [6, 6.07) is 15.1. The number of ketones is 1. The fourth-order valence-electron chi connectivity index (χ4n) is 3.52. The van der Waals surface area contributed by atoms with Crippen LogP contribution in [-0.4, -0.2) is 23.3 Å². The minimum absolute atomic E-state index is 0.0548. The number of non-ortho nitro benzene ring substituents is 1. The smallest absolute Gasteiger partial charge is 0.309 e. The largest absolute Gasteiger partial charge is 0.465 e. The molecular formula is C24H29NO5. The van der Waals surface area contributed by atoms with Crippen molar-refractivity contribution >= 4 is 17.4 Å². The highest BCUT2D eigenvalue weighted by atomic mass is 16.6. The molecule has 0 aliphatic heterocycles. The molecule has 0 saturated heterocycles. The Morgan fingerprint density at radius 2 is 1.77 bits per heavy atom. The molecule has 0 heterocycles. The van der Waals surface area contributed by atoms with E-state index in [2.05, 4.69) is 0 Å². The summed E-state index contributed by atoms with van der Waals surface area (Å²) >= 11 is 0. The van der Waals surface area contributed by atoms with Gasteiger partial charge in [-0.1, -0.05) is 69.2 Å². The lowest BCUT2D eigenvalue weighted by atomic mass is 9.79. The first-order valence-electron chi connectivity index (χ1n) is 10.5. The molecule has 2 aromatic carbocycles. The number of unbranched alkanes of at least 4 members (excludes halogenated alkanes) is 1. The minimum Gasteiger partial charge on any atom is -0.465 e. The van der Waals surface area contributed by atoms with E-state index in [0.717, 1.165) is 12.8 Å². The summed E-state index contributed by atoms with van der Waals surface area (Å²) in [5.74, 6) is -1.47. The average molecular weight is 411 g/mol. The van der Waals surface area contributed by atoms with Crippen LogP contribution in [0.1, 0.15) is 67.8 Å². The standard InChI is InChI=1S/C24H29NO5/c1-3-5-14-21(24(27)30-15-4-2)22(17-23(26)18-10-7-6-8-11-18)19-12-9-13-20(16-19)25(28)29/h6-13,16,21-22H,3-5,14-15,17H2,1-2H3/t21?,22-/m1/s1. The molecule has 0 amide bonds. The fourth-order valence-corrected chi connectivity index (χ4v) is 3.52. The van der Waals surface area contributed by atoms with Crippen molar-refractivity contribution in [2.24, 2.45) is 5.92 Å². The van der Waals surface area contributed by atoms with Gasteiger partial charge < -0.3 is 4.74 Å². The van der Waals surface area contributed by atoms with Crippen molar-refractivity contribution < 1.29 is 19.2 Å². The van der Waals surface area contributed by atoms with E-state index in [0.29, 0.717) is 30.6 Å². The molecule has 0 aliphatic rings. The fraction of sp³-hybridized carbons (Fsp3) is 0.417. The van der Waals surface area contributed by atoms with Gasteiger partial charge in [-0.25, -0.2) is 0 Å². The predicted molar refractivity (Wildman–Crippen MR) is 115 cm³/mol. The van der Waals surface area contributed by atoms with Crippen LogP contribution in [0.5, 0.6) is 0 Å². The summed E-state index contributed by atoms with van der Waals surface area (Å²) in [6.07, 6.45) is 3.05. The van der Waals surface area contributed by atoms with E-state index in [1.807, 2.05) is 19.9 Å². The molecule has 0 N–H and O–H groups in total. The van der Waals surface area contributed by atoms with Crippen LogP contribution in [0.2, 0.25) is 0 Å². The van der Waals surface area contributed by atoms with Crippen LogP contribution in [-0.2, 0) is 9.53 Å². The number of Topliss-reactive ketones (excluding diaryl/α,β-unsaturated/α-hetero) is 1. The third kappa shape index (κ3) is 6.51. The molecule has 0 radical (unpaired) electrons. The van der Waals surface area contributed by atoms with Crippen molar-refractivity contribution in [1.82, 2.24) is 0 Å². The molecule has 160 valence electrons. The maximum Gasteiger partial charge on any atom is 0.309 e. The molecule has 1 unspecified atom stereocenters. The van der Waals surface area contributed by atoms with Crippen LogP contribution in [0.4, 0.5) is 5.69 Å². The Morgan fingerprint density at radius 1 is 1.03 bits per heavy atom. The van der Waals surface area contributed by atoms with Crippen LogP contribution in [0.15, 0.2) is 54.6 Å². The van der Waals surface area contributed by atoms with Gasteiger partial charge in [-0.2, -0.15) is 0 Å². The molecule has 2 atom stereocenters. The van der Waals surface area contributed by atoms with Crippen LogP contribution < -0.4 is 0 Å². The number of benzene rings is 2. The van der Waals surface area contributed by atoms with Crippen LogP contribution in [0, 0.1) is 16.0 Å². The molecule has 6 heteroatoms. The average Bonchev–Trinajstić information content (AvgIpc) is 2.77. The highest BCUT2D eigenvalue weighted by Crippen LogP contribution is 2.35. The zero-order valence-corrected chi connectivity index (χ0v) is 17.6. The Morgan fingerprint density at radius 3 is 2.40 bits per heavy atom. The number of hydrogen-bond donors (Lipinski definition) is 0. The first-order chi connectivity index (χ1) is 14.5. The third-order valence-electron chi connectivity index (χ3n) is 5.12. The van der Waals surface area contributed by atoms with Gasteiger partial charge in [0.2, 0.25) is 0 Å². The first-order valence-corrected chi connectivity index (χ1v) is 10.5. The molecule has 6 nitrogen and oxygen atoms in total. The lowest BCUT2D eigenvalue weighted by Gasteiger charge is -2.26. The Balaban J connectivity index is 2.43. The van der Waals surface area contributed by atoms with Crippen molar-refractivity contribution in [1.29, 1.82) is 0 Å². The molecule has 0 aromatic heterocycles. The quantitative estimate of drug-likeness (QED) is 0.193. The van der Waals surface area contributed by atoms with Gasteiger partial charge in [0.05, 0.1) is 17.4 Å². The first kappa shape index (κ1) is 23.3. The van der Waals surface area contributed by atoms with Crippen molar-refractivity contribution in [3.8, 4) is 0 Å². The number of carbonyl (C=O) groups excluding carboxylic acids is 2. The molecule has 0 aliphatic carbocycles. The zero-order valence-electron chi connectivity index (χ0n) is 17.6. The number of esters is 1. The summed E-state index contributed by atoms with van der Waals surface area (Å²) in [4.78, 5) is 36.7.